The molecule has 0 spiro atoms. The second-order valence-electron chi connectivity index (χ2n) is 10.3. The molecule has 2 heteroatoms. The first-order valence-electron chi connectivity index (χ1n) is 14.2. The predicted octanol–water partition coefficient (Wildman–Crippen LogP) is 9.92. The molecule has 0 bridgehead atoms. The molecule has 186 valence electrons. The van der Waals surface area contributed by atoms with Gasteiger partial charge in [-0.05, 0) is 55.2 Å². The molecule has 0 saturated heterocycles. The van der Waals surface area contributed by atoms with Gasteiger partial charge in [0.2, 0.25) is 0 Å². The van der Waals surface area contributed by atoms with Gasteiger partial charge < -0.3 is 4.74 Å². The zero-order chi connectivity index (χ0) is 23.6. The van der Waals surface area contributed by atoms with E-state index in [4.69, 9.17) is 4.74 Å². The molecule has 1 fully saturated rings. The Hall–Kier alpha value is -1.57. The van der Waals surface area contributed by atoms with Crippen molar-refractivity contribution in [3.8, 4) is 5.75 Å². The van der Waals surface area contributed by atoms with E-state index in [-0.39, 0.29) is 0 Å². The van der Waals surface area contributed by atoms with E-state index in [9.17, 15) is 4.79 Å². The van der Waals surface area contributed by atoms with E-state index in [0.717, 1.165) is 5.92 Å². The third-order valence-electron chi connectivity index (χ3n) is 7.55. The Bertz CT molecular complexity index is 625. The van der Waals surface area contributed by atoms with Crippen molar-refractivity contribution in [1.82, 2.24) is 0 Å². The number of ether oxygens (including phenoxy) is 1. The average molecular weight is 455 g/mol. The van der Waals surface area contributed by atoms with Crippen LogP contribution in [-0.2, 0) is 4.79 Å². The van der Waals surface area contributed by atoms with Gasteiger partial charge in [-0.25, -0.2) is 4.79 Å². The normalized spacial score (nSPS) is 18.2. The van der Waals surface area contributed by atoms with Crippen LogP contribution in [0.5, 0.6) is 5.75 Å². The molecule has 0 aromatic heterocycles. The Morgan fingerprint density at radius 1 is 0.788 bits per heavy atom. The van der Waals surface area contributed by atoms with Gasteiger partial charge in [-0.15, -0.1) is 0 Å². The Morgan fingerprint density at radius 2 is 1.27 bits per heavy atom. The summed E-state index contributed by atoms with van der Waals surface area (Å²) in [6.07, 6.45) is 28.2. The standard InChI is InChI=1S/C31H50O2/c1-3-5-6-7-8-9-10-11-12-13-14-15-16-17-18-27-19-21-28(22-20-27)29-23-25-30(26-24-29)33-31(32)4-2/h4,23-28H,2-3,5-22H2,1H3. The summed E-state index contributed by atoms with van der Waals surface area (Å²) in [5.74, 6) is 1.81. The smallest absolute Gasteiger partial charge is 0.335 e. The molecule has 33 heavy (non-hydrogen) atoms. The summed E-state index contributed by atoms with van der Waals surface area (Å²) in [4.78, 5) is 11.3. The molecule has 1 aliphatic carbocycles. The van der Waals surface area contributed by atoms with Crippen molar-refractivity contribution in [2.45, 2.75) is 135 Å². The minimum Gasteiger partial charge on any atom is -0.423 e. The third kappa shape index (κ3) is 12.5. The van der Waals surface area contributed by atoms with Gasteiger partial charge >= 0.3 is 5.97 Å². The number of hydrogen-bond donors (Lipinski definition) is 0. The average Bonchev–Trinajstić information content (AvgIpc) is 2.85. The summed E-state index contributed by atoms with van der Waals surface area (Å²) in [6, 6.07) is 8.09. The minimum atomic E-state index is -0.397. The lowest BCUT2D eigenvalue weighted by atomic mass is 9.77. The van der Waals surface area contributed by atoms with Crippen LogP contribution >= 0.6 is 0 Å². The van der Waals surface area contributed by atoms with Crippen molar-refractivity contribution in [3.63, 3.8) is 0 Å². The van der Waals surface area contributed by atoms with Crippen LogP contribution in [0.3, 0.4) is 0 Å². The van der Waals surface area contributed by atoms with Crippen LogP contribution in [0, 0.1) is 5.92 Å². The van der Waals surface area contributed by atoms with Crippen LogP contribution in [0.25, 0.3) is 0 Å². The summed E-state index contributed by atoms with van der Waals surface area (Å²) < 4.78 is 5.18. The van der Waals surface area contributed by atoms with Gasteiger partial charge in [0.25, 0.3) is 0 Å². The summed E-state index contributed by atoms with van der Waals surface area (Å²) >= 11 is 0. The van der Waals surface area contributed by atoms with Crippen LogP contribution in [0.1, 0.15) is 140 Å². The lowest BCUT2D eigenvalue weighted by Crippen LogP contribution is -2.13. The molecule has 2 rings (SSSR count). The van der Waals surface area contributed by atoms with E-state index in [1.807, 2.05) is 12.1 Å². The van der Waals surface area contributed by atoms with E-state index in [1.54, 1.807) is 0 Å². The van der Waals surface area contributed by atoms with Crippen molar-refractivity contribution in [1.29, 1.82) is 0 Å². The van der Waals surface area contributed by atoms with E-state index in [1.165, 1.54) is 134 Å². The van der Waals surface area contributed by atoms with Gasteiger partial charge in [0.15, 0.2) is 0 Å². The summed E-state index contributed by atoms with van der Waals surface area (Å²) in [5.41, 5.74) is 1.39. The molecule has 1 saturated carbocycles. The first-order valence-corrected chi connectivity index (χ1v) is 14.2. The number of esters is 1. The number of hydrogen-bond acceptors (Lipinski definition) is 2. The zero-order valence-corrected chi connectivity index (χ0v) is 21.5. The first-order chi connectivity index (χ1) is 16.2. The first kappa shape index (κ1) is 27.7. The Labute approximate surface area is 204 Å². The molecule has 1 aromatic rings. The van der Waals surface area contributed by atoms with Crippen LogP contribution in [0.2, 0.25) is 0 Å². The highest BCUT2D eigenvalue weighted by molar-refractivity contribution is 5.83. The summed E-state index contributed by atoms with van der Waals surface area (Å²) in [5, 5.41) is 0. The Kier molecular flexibility index (Phi) is 15.0. The maximum Gasteiger partial charge on any atom is 0.335 e. The molecule has 0 aliphatic heterocycles. The van der Waals surface area contributed by atoms with Crippen LogP contribution < -0.4 is 4.74 Å². The van der Waals surface area contributed by atoms with Gasteiger partial charge in [-0.1, -0.05) is 122 Å². The second kappa shape index (κ2) is 17.8. The minimum absolute atomic E-state index is 0.397. The SMILES string of the molecule is C=CC(=O)Oc1ccc(C2CCC(CCCCCCCCCCCCCCCC)CC2)cc1. The van der Waals surface area contributed by atoms with Crippen molar-refractivity contribution < 1.29 is 9.53 Å². The highest BCUT2D eigenvalue weighted by atomic mass is 16.5. The van der Waals surface area contributed by atoms with E-state index < -0.39 is 5.97 Å². The topological polar surface area (TPSA) is 26.3 Å². The van der Waals surface area contributed by atoms with Crippen molar-refractivity contribution in [3.05, 3.63) is 42.5 Å². The molecular weight excluding hydrogens is 404 g/mol. The maximum absolute atomic E-state index is 11.3. The molecule has 2 nitrogen and oxygen atoms in total. The van der Waals surface area contributed by atoms with E-state index in [2.05, 4.69) is 25.6 Å². The number of carbonyl (C=O) groups excluding carboxylic acids is 1. The monoisotopic (exact) mass is 454 g/mol. The van der Waals surface area contributed by atoms with Crippen molar-refractivity contribution in [2.75, 3.05) is 0 Å². The van der Waals surface area contributed by atoms with Gasteiger partial charge in [0.1, 0.15) is 5.75 Å². The third-order valence-corrected chi connectivity index (χ3v) is 7.55. The highest BCUT2D eigenvalue weighted by Crippen LogP contribution is 2.38. The Balaban J connectivity index is 1.42. The van der Waals surface area contributed by atoms with Crippen molar-refractivity contribution >= 4 is 5.97 Å². The molecule has 0 radical (unpaired) electrons. The van der Waals surface area contributed by atoms with Gasteiger partial charge in [0.05, 0.1) is 0 Å². The molecule has 0 unspecified atom stereocenters. The molecular formula is C31H50O2. The molecule has 0 atom stereocenters. The van der Waals surface area contributed by atoms with Gasteiger partial charge in [-0.3, -0.25) is 0 Å². The predicted molar refractivity (Wildman–Crippen MR) is 142 cm³/mol. The fourth-order valence-corrected chi connectivity index (χ4v) is 5.38. The second-order valence-corrected chi connectivity index (χ2v) is 10.3. The highest BCUT2D eigenvalue weighted by Gasteiger charge is 2.22. The van der Waals surface area contributed by atoms with Gasteiger partial charge in [-0.2, -0.15) is 0 Å². The largest absolute Gasteiger partial charge is 0.423 e. The number of carbonyl (C=O) groups is 1. The molecule has 1 aromatic carbocycles. The quantitative estimate of drug-likeness (QED) is 0.0954. The summed E-state index contributed by atoms with van der Waals surface area (Å²) in [6.45, 7) is 5.73. The van der Waals surface area contributed by atoms with E-state index in [0.29, 0.717) is 11.7 Å². The summed E-state index contributed by atoms with van der Waals surface area (Å²) in [7, 11) is 0. The van der Waals surface area contributed by atoms with E-state index >= 15 is 0 Å². The lowest BCUT2D eigenvalue weighted by Gasteiger charge is -2.29. The number of rotatable bonds is 18. The number of benzene rings is 1. The fraction of sp³-hybridized carbons (Fsp3) is 0.710. The Morgan fingerprint density at radius 3 is 1.76 bits per heavy atom. The lowest BCUT2D eigenvalue weighted by molar-refractivity contribution is -0.128. The van der Waals surface area contributed by atoms with Crippen LogP contribution in [0.4, 0.5) is 0 Å². The van der Waals surface area contributed by atoms with Crippen molar-refractivity contribution in [2.24, 2.45) is 5.92 Å². The maximum atomic E-state index is 11.3. The van der Waals surface area contributed by atoms with Crippen LogP contribution in [0.15, 0.2) is 36.9 Å². The molecule has 0 amide bonds. The number of unbranched alkanes of at least 4 members (excludes halogenated alkanes) is 13. The molecule has 0 N–H and O–H groups in total. The molecule has 1 aliphatic rings. The molecule has 0 heterocycles. The zero-order valence-electron chi connectivity index (χ0n) is 21.5. The fourth-order valence-electron chi connectivity index (χ4n) is 5.38. The van der Waals surface area contributed by atoms with Crippen LogP contribution in [-0.4, -0.2) is 5.97 Å². The van der Waals surface area contributed by atoms with Gasteiger partial charge in [0, 0.05) is 6.08 Å².